The van der Waals surface area contributed by atoms with Gasteiger partial charge in [0.15, 0.2) is 0 Å². The molecule has 7 heteroatoms. The quantitative estimate of drug-likeness (QED) is 0.685. The van der Waals surface area contributed by atoms with Gasteiger partial charge in [-0.05, 0) is 73.8 Å². The SMILES string of the molecule is O=C(N[C@H]1CCN(C(=O)C2(O)CCC2)[C@H]1Cc1cccc(-c2cccc(F)c2)c1)[C@@H]1CCCO1. The standard InChI is InChI=1S/C27H31FN2O4/c28-21-8-2-7-20(17-21)19-6-1-5-18(15-19)16-23-22(29-25(31)24-9-3-14-34-24)10-13-30(23)26(32)27(33)11-4-12-27/h1-2,5-8,15,17,22-24,33H,3-4,9-14,16H2,(H,29,31)/t22-,23-,24-/m0/s1. The van der Waals surface area contributed by atoms with E-state index in [2.05, 4.69) is 5.32 Å². The van der Waals surface area contributed by atoms with Gasteiger partial charge in [0.25, 0.3) is 5.91 Å². The number of hydrogen-bond donors (Lipinski definition) is 2. The van der Waals surface area contributed by atoms with Crippen molar-refractivity contribution in [1.29, 1.82) is 0 Å². The van der Waals surface area contributed by atoms with E-state index in [1.807, 2.05) is 30.3 Å². The van der Waals surface area contributed by atoms with Gasteiger partial charge < -0.3 is 20.1 Å². The van der Waals surface area contributed by atoms with Crippen LogP contribution in [0.2, 0.25) is 0 Å². The van der Waals surface area contributed by atoms with Gasteiger partial charge in [-0.25, -0.2) is 4.39 Å². The minimum atomic E-state index is -1.28. The van der Waals surface area contributed by atoms with Crippen molar-refractivity contribution in [3.05, 3.63) is 59.9 Å². The van der Waals surface area contributed by atoms with Gasteiger partial charge in [0, 0.05) is 13.2 Å². The Morgan fingerprint density at radius 3 is 2.53 bits per heavy atom. The smallest absolute Gasteiger partial charge is 0.254 e. The number of aliphatic hydroxyl groups is 1. The van der Waals surface area contributed by atoms with Gasteiger partial charge in [0.1, 0.15) is 17.5 Å². The first kappa shape index (κ1) is 23.0. The van der Waals surface area contributed by atoms with E-state index in [1.165, 1.54) is 12.1 Å². The summed E-state index contributed by atoms with van der Waals surface area (Å²) in [5.41, 5.74) is 1.39. The summed E-state index contributed by atoms with van der Waals surface area (Å²) in [5, 5.41) is 13.9. The minimum Gasteiger partial charge on any atom is -0.380 e. The van der Waals surface area contributed by atoms with Gasteiger partial charge in [-0.2, -0.15) is 0 Å². The fourth-order valence-corrected chi connectivity index (χ4v) is 5.37. The van der Waals surface area contributed by atoms with E-state index in [1.54, 1.807) is 11.0 Å². The van der Waals surface area contributed by atoms with Crippen molar-refractivity contribution < 1.29 is 23.8 Å². The second kappa shape index (κ2) is 9.47. The Morgan fingerprint density at radius 2 is 1.85 bits per heavy atom. The second-order valence-electron chi connectivity index (χ2n) is 9.77. The maximum absolute atomic E-state index is 13.8. The van der Waals surface area contributed by atoms with Crippen LogP contribution in [-0.2, 0) is 20.7 Å². The van der Waals surface area contributed by atoms with E-state index in [0.29, 0.717) is 45.3 Å². The molecular weight excluding hydrogens is 435 g/mol. The molecule has 2 N–H and O–H groups in total. The number of nitrogens with zero attached hydrogens (tertiary/aromatic N) is 1. The summed E-state index contributed by atoms with van der Waals surface area (Å²) in [7, 11) is 0. The van der Waals surface area contributed by atoms with Crippen molar-refractivity contribution in [1.82, 2.24) is 10.2 Å². The molecule has 2 aliphatic heterocycles. The van der Waals surface area contributed by atoms with Crippen LogP contribution in [0.15, 0.2) is 48.5 Å². The highest BCUT2D eigenvalue weighted by atomic mass is 19.1. The first-order chi connectivity index (χ1) is 16.4. The fourth-order valence-electron chi connectivity index (χ4n) is 5.37. The lowest BCUT2D eigenvalue weighted by Gasteiger charge is -2.40. The monoisotopic (exact) mass is 466 g/mol. The number of likely N-dealkylation sites (tertiary alicyclic amines) is 1. The van der Waals surface area contributed by atoms with Crippen LogP contribution in [0.4, 0.5) is 4.39 Å². The average molecular weight is 467 g/mol. The van der Waals surface area contributed by atoms with E-state index < -0.39 is 11.7 Å². The number of nitrogens with one attached hydrogen (secondary N) is 1. The molecule has 2 saturated heterocycles. The zero-order valence-corrected chi connectivity index (χ0v) is 19.2. The molecule has 180 valence electrons. The molecule has 0 aromatic heterocycles. The zero-order valence-electron chi connectivity index (χ0n) is 19.2. The first-order valence-electron chi connectivity index (χ1n) is 12.2. The molecule has 2 heterocycles. The number of hydrogen-bond acceptors (Lipinski definition) is 4. The summed E-state index contributed by atoms with van der Waals surface area (Å²) in [4.78, 5) is 27.8. The van der Waals surface area contributed by atoms with Crippen molar-refractivity contribution in [3.8, 4) is 11.1 Å². The molecule has 34 heavy (non-hydrogen) atoms. The molecule has 0 unspecified atom stereocenters. The van der Waals surface area contributed by atoms with E-state index in [4.69, 9.17) is 4.74 Å². The van der Waals surface area contributed by atoms with Crippen molar-refractivity contribution >= 4 is 11.8 Å². The molecule has 3 atom stereocenters. The Kier molecular flexibility index (Phi) is 6.40. The number of rotatable bonds is 6. The Hall–Kier alpha value is -2.77. The third-order valence-electron chi connectivity index (χ3n) is 7.47. The molecule has 1 aliphatic carbocycles. The van der Waals surface area contributed by atoms with Gasteiger partial charge >= 0.3 is 0 Å². The predicted molar refractivity (Wildman–Crippen MR) is 125 cm³/mol. The maximum atomic E-state index is 13.8. The largest absolute Gasteiger partial charge is 0.380 e. The van der Waals surface area contributed by atoms with Crippen LogP contribution >= 0.6 is 0 Å². The average Bonchev–Trinajstić information content (AvgIpc) is 3.48. The van der Waals surface area contributed by atoms with E-state index >= 15 is 0 Å². The number of halogens is 1. The highest BCUT2D eigenvalue weighted by Gasteiger charge is 2.49. The first-order valence-corrected chi connectivity index (χ1v) is 12.2. The molecule has 0 bridgehead atoms. The van der Waals surface area contributed by atoms with Gasteiger partial charge in [0.05, 0.1) is 12.1 Å². The van der Waals surface area contributed by atoms with Crippen molar-refractivity contribution in [2.45, 2.75) is 68.7 Å². The van der Waals surface area contributed by atoms with Gasteiger partial charge in [-0.3, -0.25) is 9.59 Å². The summed E-state index contributed by atoms with van der Waals surface area (Å²) in [6, 6.07) is 13.8. The van der Waals surface area contributed by atoms with Crippen LogP contribution in [0.1, 0.15) is 44.1 Å². The van der Waals surface area contributed by atoms with E-state index in [9.17, 15) is 19.1 Å². The highest BCUT2D eigenvalue weighted by Crippen LogP contribution is 2.36. The summed E-state index contributed by atoms with van der Waals surface area (Å²) < 4.78 is 19.3. The molecule has 1 saturated carbocycles. The topological polar surface area (TPSA) is 78.9 Å². The van der Waals surface area contributed by atoms with Crippen molar-refractivity contribution in [2.24, 2.45) is 0 Å². The number of carbonyl (C=O) groups is 2. The van der Waals surface area contributed by atoms with Crippen LogP contribution in [0.3, 0.4) is 0 Å². The lowest BCUT2D eigenvalue weighted by molar-refractivity contribution is -0.161. The van der Waals surface area contributed by atoms with Crippen LogP contribution in [0, 0.1) is 5.82 Å². The third kappa shape index (κ3) is 4.59. The molecule has 6 nitrogen and oxygen atoms in total. The Labute approximate surface area is 199 Å². The molecular formula is C27H31FN2O4. The van der Waals surface area contributed by atoms with Crippen LogP contribution in [0.5, 0.6) is 0 Å². The van der Waals surface area contributed by atoms with Gasteiger partial charge in [-0.15, -0.1) is 0 Å². The van der Waals surface area contributed by atoms with Crippen molar-refractivity contribution in [3.63, 3.8) is 0 Å². The molecule has 0 spiro atoms. The van der Waals surface area contributed by atoms with E-state index in [0.717, 1.165) is 29.5 Å². The van der Waals surface area contributed by atoms with Gasteiger partial charge in [-0.1, -0.05) is 36.4 Å². The van der Waals surface area contributed by atoms with Crippen LogP contribution in [0.25, 0.3) is 11.1 Å². The lowest BCUT2D eigenvalue weighted by Crippen LogP contribution is -2.57. The third-order valence-corrected chi connectivity index (χ3v) is 7.47. The van der Waals surface area contributed by atoms with Crippen LogP contribution < -0.4 is 5.32 Å². The summed E-state index contributed by atoms with van der Waals surface area (Å²) in [6.07, 6.45) is 4.12. The highest BCUT2D eigenvalue weighted by molar-refractivity contribution is 5.87. The number of amides is 2. The summed E-state index contributed by atoms with van der Waals surface area (Å²) >= 11 is 0. The Morgan fingerprint density at radius 1 is 1.09 bits per heavy atom. The molecule has 3 fully saturated rings. The molecule has 2 aromatic rings. The lowest BCUT2D eigenvalue weighted by atomic mass is 9.79. The molecule has 2 amide bonds. The predicted octanol–water partition coefficient (Wildman–Crippen LogP) is 3.21. The molecule has 5 rings (SSSR count). The summed E-state index contributed by atoms with van der Waals surface area (Å²) in [6.45, 7) is 1.09. The van der Waals surface area contributed by atoms with Crippen molar-refractivity contribution in [2.75, 3.05) is 13.2 Å². The number of ether oxygens (including phenoxy) is 1. The van der Waals surface area contributed by atoms with E-state index in [-0.39, 0.29) is 29.7 Å². The maximum Gasteiger partial charge on any atom is 0.254 e. The second-order valence-corrected chi connectivity index (χ2v) is 9.77. The van der Waals surface area contributed by atoms with Gasteiger partial charge in [0.2, 0.25) is 5.91 Å². The van der Waals surface area contributed by atoms with Crippen LogP contribution in [-0.4, -0.2) is 58.8 Å². The Balaban J connectivity index is 1.38. The summed E-state index contributed by atoms with van der Waals surface area (Å²) in [5.74, 6) is -0.655. The number of benzene rings is 2. The fraction of sp³-hybridized carbons (Fsp3) is 0.481. The molecule has 3 aliphatic rings. The number of carbonyl (C=O) groups excluding carboxylic acids is 2. The Bertz CT molecular complexity index is 1060. The normalized spacial score (nSPS) is 25.7. The molecule has 0 radical (unpaired) electrons. The zero-order chi connectivity index (χ0) is 23.7. The minimum absolute atomic E-state index is 0.127. The molecule has 2 aromatic carbocycles.